The molecule has 1 aromatic carbocycles. The number of hydrogen-bond donors (Lipinski definition) is 1. The van der Waals surface area contributed by atoms with E-state index in [0.717, 1.165) is 0 Å². The molecule has 70 valence electrons. The summed E-state index contributed by atoms with van der Waals surface area (Å²) < 4.78 is 0. The molecule has 0 heterocycles. The van der Waals surface area contributed by atoms with Gasteiger partial charge in [0.1, 0.15) is 0 Å². The number of benzene rings is 1. The quantitative estimate of drug-likeness (QED) is 0.696. The predicted molar refractivity (Wildman–Crippen MR) is 57.9 cm³/mol. The van der Waals surface area contributed by atoms with Crippen molar-refractivity contribution in [2.75, 3.05) is 7.05 Å². The fraction of sp³-hybridized carbons (Fsp3) is 0.333. The molecular formula is C12H17N. The minimum Gasteiger partial charge on any atom is -0.310 e. The SMILES string of the molecule is C=CC(NC)c1c(C)cccc1C. The normalized spacial score (nSPS) is 12.5. The summed E-state index contributed by atoms with van der Waals surface area (Å²) in [5.41, 5.74) is 3.98. The van der Waals surface area contributed by atoms with Crippen molar-refractivity contribution >= 4 is 0 Å². The standard InChI is InChI=1S/C12H17N/c1-5-11(13-4)12-9(2)7-6-8-10(12)3/h5-8,11,13H,1H2,2-4H3. The third-order valence-corrected chi connectivity index (χ3v) is 2.40. The highest BCUT2D eigenvalue weighted by molar-refractivity contribution is 5.37. The first-order valence-corrected chi connectivity index (χ1v) is 4.56. The van der Waals surface area contributed by atoms with Gasteiger partial charge in [0.15, 0.2) is 0 Å². The molecule has 1 heteroatoms. The lowest BCUT2D eigenvalue weighted by molar-refractivity contribution is 0.707. The van der Waals surface area contributed by atoms with Gasteiger partial charge in [-0.15, -0.1) is 6.58 Å². The van der Waals surface area contributed by atoms with Gasteiger partial charge in [-0.05, 0) is 37.6 Å². The van der Waals surface area contributed by atoms with Crippen molar-refractivity contribution in [2.45, 2.75) is 19.9 Å². The van der Waals surface area contributed by atoms with Crippen LogP contribution in [0.3, 0.4) is 0 Å². The van der Waals surface area contributed by atoms with E-state index in [9.17, 15) is 0 Å². The summed E-state index contributed by atoms with van der Waals surface area (Å²) in [7, 11) is 1.96. The summed E-state index contributed by atoms with van der Waals surface area (Å²) in [4.78, 5) is 0. The Labute approximate surface area is 80.5 Å². The molecule has 1 unspecified atom stereocenters. The van der Waals surface area contributed by atoms with Crippen molar-refractivity contribution < 1.29 is 0 Å². The van der Waals surface area contributed by atoms with Crippen molar-refractivity contribution in [2.24, 2.45) is 0 Å². The van der Waals surface area contributed by atoms with Crippen LogP contribution in [-0.4, -0.2) is 7.05 Å². The zero-order valence-corrected chi connectivity index (χ0v) is 8.59. The van der Waals surface area contributed by atoms with E-state index in [4.69, 9.17) is 0 Å². The summed E-state index contributed by atoms with van der Waals surface area (Å²) >= 11 is 0. The van der Waals surface area contributed by atoms with Crippen LogP contribution in [-0.2, 0) is 0 Å². The van der Waals surface area contributed by atoms with E-state index in [2.05, 4.69) is 43.9 Å². The average molecular weight is 175 g/mol. The maximum atomic E-state index is 3.83. The Hall–Kier alpha value is -1.08. The smallest absolute Gasteiger partial charge is 0.0506 e. The monoisotopic (exact) mass is 175 g/mol. The Balaban J connectivity index is 3.17. The van der Waals surface area contributed by atoms with E-state index >= 15 is 0 Å². The molecule has 1 N–H and O–H groups in total. The fourth-order valence-electron chi connectivity index (χ4n) is 1.70. The number of nitrogens with one attached hydrogen (secondary N) is 1. The Morgan fingerprint density at radius 1 is 1.31 bits per heavy atom. The van der Waals surface area contributed by atoms with Crippen molar-refractivity contribution in [1.82, 2.24) is 5.32 Å². The molecule has 0 aromatic heterocycles. The summed E-state index contributed by atoms with van der Waals surface area (Å²) in [6.07, 6.45) is 1.94. The molecule has 0 saturated carbocycles. The Kier molecular flexibility index (Phi) is 3.26. The number of rotatable bonds is 3. The molecule has 1 aromatic rings. The van der Waals surface area contributed by atoms with Gasteiger partial charge in [-0.3, -0.25) is 0 Å². The second-order valence-corrected chi connectivity index (χ2v) is 3.31. The lowest BCUT2D eigenvalue weighted by Crippen LogP contribution is -2.15. The summed E-state index contributed by atoms with van der Waals surface area (Å²) in [5, 5.41) is 3.23. The first-order chi connectivity index (χ1) is 6.20. The number of aryl methyl sites for hydroxylation is 2. The first-order valence-electron chi connectivity index (χ1n) is 4.56. The Bertz CT molecular complexity index is 282. The minimum atomic E-state index is 0.265. The van der Waals surface area contributed by atoms with Gasteiger partial charge < -0.3 is 5.32 Å². The van der Waals surface area contributed by atoms with Gasteiger partial charge in [0.25, 0.3) is 0 Å². The predicted octanol–water partition coefficient (Wildman–Crippen LogP) is 2.75. The molecule has 1 nitrogen and oxygen atoms in total. The number of hydrogen-bond acceptors (Lipinski definition) is 1. The first kappa shape index (κ1) is 10.0. The zero-order valence-electron chi connectivity index (χ0n) is 8.59. The van der Waals surface area contributed by atoms with E-state index in [1.54, 1.807) is 0 Å². The van der Waals surface area contributed by atoms with Crippen LogP contribution in [0.25, 0.3) is 0 Å². The van der Waals surface area contributed by atoms with Crippen molar-refractivity contribution in [3.8, 4) is 0 Å². The van der Waals surface area contributed by atoms with E-state index in [1.807, 2.05) is 13.1 Å². The highest BCUT2D eigenvalue weighted by Crippen LogP contribution is 2.21. The van der Waals surface area contributed by atoms with E-state index in [1.165, 1.54) is 16.7 Å². The van der Waals surface area contributed by atoms with Gasteiger partial charge in [0, 0.05) is 0 Å². The summed E-state index contributed by atoms with van der Waals surface area (Å²) in [6.45, 7) is 8.10. The van der Waals surface area contributed by atoms with Gasteiger partial charge in [0.05, 0.1) is 6.04 Å². The van der Waals surface area contributed by atoms with E-state index in [0.29, 0.717) is 0 Å². The molecular weight excluding hydrogens is 158 g/mol. The average Bonchev–Trinajstić information content (AvgIpc) is 2.11. The van der Waals surface area contributed by atoms with Crippen LogP contribution >= 0.6 is 0 Å². The molecule has 1 rings (SSSR count). The second kappa shape index (κ2) is 4.24. The molecule has 0 aliphatic heterocycles. The summed E-state index contributed by atoms with van der Waals surface area (Å²) in [6, 6.07) is 6.62. The van der Waals surface area contributed by atoms with Gasteiger partial charge in [-0.25, -0.2) is 0 Å². The molecule has 0 aliphatic rings. The largest absolute Gasteiger partial charge is 0.310 e. The van der Waals surface area contributed by atoms with Crippen LogP contribution in [0.15, 0.2) is 30.9 Å². The van der Waals surface area contributed by atoms with Gasteiger partial charge in [-0.1, -0.05) is 24.3 Å². The molecule has 0 aliphatic carbocycles. The van der Waals surface area contributed by atoms with Gasteiger partial charge >= 0.3 is 0 Å². The molecule has 0 fully saturated rings. The molecule has 0 amide bonds. The molecule has 0 radical (unpaired) electrons. The Morgan fingerprint density at radius 2 is 1.85 bits per heavy atom. The topological polar surface area (TPSA) is 12.0 Å². The number of likely N-dealkylation sites (N-methyl/N-ethyl adjacent to an activating group) is 1. The highest BCUT2D eigenvalue weighted by Gasteiger charge is 2.09. The lowest BCUT2D eigenvalue weighted by atomic mass is 9.96. The Morgan fingerprint density at radius 3 is 2.23 bits per heavy atom. The van der Waals surface area contributed by atoms with E-state index in [-0.39, 0.29) is 6.04 Å². The third-order valence-electron chi connectivity index (χ3n) is 2.40. The minimum absolute atomic E-state index is 0.265. The van der Waals surface area contributed by atoms with Gasteiger partial charge in [-0.2, -0.15) is 0 Å². The lowest BCUT2D eigenvalue weighted by Gasteiger charge is -2.17. The summed E-state index contributed by atoms with van der Waals surface area (Å²) in [5.74, 6) is 0. The fourth-order valence-corrected chi connectivity index (χ4v) is 1.70. The van der Waals surface area contributed by atoms with E-state index < -0.39 is 0 Å². The van der Waals surface area contributed by atoms with Crippen LogP contribution in [0, 0.1) is 13.8 Å². The molecule has 0 saturated heterocycles. The van der Waals surface area contributed by atoms with Crippen molar-refractivity contribution in [3.05, 3.63) is 47.5 Å². The third kappa shape index (κ3) is 1.99. The van der Waals surface area contributed by atoms with Crippen LogP contribution < -0.4 is 5.32 Å². The highest BCUT2D eigenvalue weighted by atomic mass is 14.9. The van der Waals surface area contributed by atoms with Crippen LogP contribution in [0.2, 0.25) is 0 Å². The molecule has 13 heavy (non-hydrogen) atoms. The molecule has 1 atom stereocenters. The zero-order chi connectivity index (χ0) is 9.84. The molecule has 0 bridgehead atoms. The van der Waals surface area contributed by atoms with Crippen LogP contribution in [0.1, 0.15) is 22.7 Å². The van der Waals surface area contributed by atoms with Crippen molar-refractivity contribution in [3.63, 3.8) is 0 Å². The molecule has 0 spiro atoms. The van der Waals surface area contributed by atoms with Crippen molar-refractivity contribution in [1.29, 1.82) is 0 Å². The second-order valence-electron chi connectivity index (χ2n) is 3.31. The maximum Gasteiger partial charge on any atom is 0.0506 e. The van der Waals surface area contributed by atoms with Gasteiger partial charge in [0.2, 0.25) is 0 Å². The van der Waals surface area contributed by atoms with Crippen LogP contribution in [0.4, 0.5) is 0 Å². The van der Waals surface area contributed by atoms with Crippen LogP contribution in [0.5, 0.6) is 0 Å². The maximum absolute atomic E-state index is 3.83.